The number of nitrogens with zero attached hydrogens (tertiary/aromatic N) is 4. The normalized spacial score (nSPS) is 17.7. The molecular formula is C28H33N5O3. The number of fused-ring (bicyclic) bond motifs is 2. The number of oxime groups is 1. The minimum Gasteiger partial charge on any atom is -0.395 e. The molecule has 8 nitrogen and oxygen atoms in total. The fourth-order valence-corrected chi connectivity index (χ4v) is 5.12. The molecule has 2 aromatic rings. The number of amides is 2. The molecule has 36 heavy (non-hydrogen) atoms. The lowest BCUT2D eigenvalue weighted by atomic mass is 9.94. The van der Waals surface area contributed by atoms with Crippen molar-refractivity contribution in [2.75, 3.05) is 20.2 Å². The molecule has 3 aliphatic rings. The van der Waals surface area contributed by atoms with Crippen molar-refractivity contribution in [2.24, 2.45) is 10.1 Å². The number of nitrogens with one attached hydrogen (secondary N) is 1. The Kier molecular flexibility index (Phi) is 7.30. The van der Waals surface area contributed by atoms with Crippen LogP contribution in [0.1, 0.15) is 61.6 Å². The molecule has 2 heterocycles. The van der Waals surface area contributed by atoms with Gasteiger partial charge in [0.05, 0.1) is 5.69 Å². The molecule has 8 heteroatoms. The first-order valence-electron chi connectivity index (χ1n) is 12.9. The Labute approximate surface area is 212 Å². The zero-order valence-electron chi connectivity index (χ0n) is 20.8. The Morgan fingerprint density at radius 1 is 1.11 bits per heavy atom. The van der Waals surface area contributed by atoms with Gasteiger partial charge in [-0.05, 0) is 37.0 Å². The van der Waals surface area contributed by atoms with E-state index in [-0.39, 0.29) is 11.8 Å². The third-order valence-corrected chi connectivity index (χ3v) is 7.17. The van der Waals surface area contributed by atoms with Gasteiger partial charge in [-0.1, -0.05) is 60.8 Å². The van der Waals surface area contributed by atoms with Gasteiger partial charge in [0, 0.05) is 37.2 Å². The van der Waals surface area contributed by atoms with E-state index < -0.39 is 0 Å². The van der Waals surface area contributed by atoms with Crippen molar-refractivity contribution in [2.45, 2.75) is 57.5 Å². The standard InChI is InChI=1S/C28H33N5O3/c1-32(23-11-6-3-7-12-23)26(35)13-8-16-36-31-27(20-9-4-2-5-10-20)21-14-15-24-22(17-21)18-33-19-25(34)30-28(33)29-24/h2,4-5,9-10,14-15,17,23H,3,6-8,11-13,16,18-19H2,1H3,(H,29,30,34)/b31-27+. The minimum atomic E-state index is -0.0369. The molecule has 0 unspecified atom stereocenters. The maximum Gasteiger partial charge on any atom is 0.246 e. The Balaban J connectivity index is 1.25. The molecule has 1 saturated heterocycles. The molecule has 1 aliphatic carbocycles. The second-order valence-corrected chi connectivity index (χ2v) is 9.72. The van der Waals surface area contributed by atoms with Crippen LogP contribution in [0.4, 0.5) is 5.69 Å². The van der Waals surface area contributed by atoms with Gasteiger partial charge in [0.25, 0.3) is 0 Å². The SMILES string of the molecule is CN(C(=O)CCCO/N=C(\c1ccccc1)c1ccc2c(c1)CN1CC(=O)NC1=N2)C1CCCCC1. The molecule has 188 valence electrons. The Bertz CT molecular complexity index is 1170. The summed E-state index contributed by atoms with van der Waals surface area (Å²) < 4.78 is 0. The second kappa shape index (κ2) is 10.9. The van der Waals surface area contributed by atoms with Gasteiger partial charge in [-0.15, -0.1) is 0 Å². The van der Waals surface area contributed by atoms with Crippen molar-refractivity contribution in [1.29, 1.82) is 0 Å². The van der Waals surface area contributed by atoms with Crippen LogP contribution in [0.5, 0.6) is 0 Å². The molecule has 0 atom stereocenters. The van der Waals surface area contributed by atoms with Crippen molar-refractivity contribution in [3.63, 3.8) is 0 Å². The minimum absolute atomic E-state index is 0.0369. The zero-order chi connectivity index (χ0) is 24.9. The number of hydrogen-bond donors (Lipinski definition) is 1. The number of carbonyl (C=O) groups is 2. The average molecular weight is 488 g/mol. The van der Waals surface area contributed by atoms with Crippen LogP contribution >= 0.6 is 0 Å². The van der Waals surface area contributed by atoms with Gasteiger partial charge >= 0.3 is 0 Å². The van der Waals surface area contributed by atoms with Gasteiger partial charge in [-0.2, -0.15) is 0 Å². The molecule has 2 aliphatic heterocycles. The highest BCUT2D eigenvalue weighted by Crippen LogP contribution is 2.29. The van der Waals surface area contributed by atoms with Crippen LogP contribution in [-0.2, 0) is 21.0 Å². The van der Waals surface area contributed by atoms with E-state index >= 15 is 0 Å². The fraction of sp³-hybridized carbons (Fsp3) is 0.429. The lowest BCUT2D eigenvalue weighted by molar-refractivity contribution is -0.132. The maximum atomic E-state index is 12.6. The molecule has 0 radical (unpaired) electrons. The summed E-state index contributed by atoms with van der Waals surface area (Å²) in [7, 11) is 1.93. The van der Waals surface area contributed by atoms with E-state index in [0.717, 1.165) is 40.9 Å². The van der Waals surface area contributed by atoms with Crippen LogP contribution in [0, 0.1) is 0 Å². The lowest BCUT2D eigenvalue weighted by Gasteiger charge is -2.31. The van der Waals surface area contributed by atoms with Crippen LogP contribution in [0.15, 0.2) is 58.7 Å². The van der Waals surface area contributed by atoms with Crippen molar-refractivity contribution in [3.8, 4) is 0 Å². The third-order valence-electron chi connectivity index (χ3n) is 7.17. The topological polar surface area (TPSA) is 86.6 Å². The van der Waals surface area contributed by atoms with Crippen LogP contribution in [0.25, 0.3) is 0 Å². The number of aliphatic imine (C=N–C) groups is 1. The summed E-state index contributed by atoms with van der Waals surface area (Å²) in [6.45, 7) is 1.31. The van der Waals surface area contributed by atoms with Crippen LogP contribution < -0.4 is 5.32 Å². The summed E-state index contributed by atoms with van der Waals surface area (Å²) in [6, 6.07) is 16.3. The highest BCUT2D eigenvalue weighted by atomic mass is 16.6. The summed E-state index contributed by atoms with van der Waals surface area (Å²) in [5.41, 5.74) is 4.48. The Morgan fingerprint density at radius 2 is 1.92 bits per heavy atom. The Hall–Kier alpha value is -3.68. The van der Waals surface area contributed by atoms with E-state index in [9.17, 15) is 9.59 Å². The monoisotopic (exact) mass is 487 g/mol. The number of benzene rings is 2. The van der Waals surface area contributed by atoms with Crippen molar-refractivity contribution in [1.82, 2.24) is 15.1 Å². The molecule has 0 spiro atoms. The van der Waals surface area contributed by atoms with E-state index in [1.165, 1.54) is 19.3 Å². The van der Waals surface area contributed by atoms with Crippen LogP contribution in [0.3, 0.4) is 0 Å². The molecule has 1 saturated carbocycles. The molecule has 5 rings (SSSR count). The van der Waals surface area contributed by atoms with Gasteiger partial charge in [0.1, 0.15) is 18.9 Å². The molecule has 2 aromatic carbocycles. The highest BCUT2D eigenvalue weighted by Gasteiger charge is 2.29. The van der Waals surface area contributed by atoms with E-state index in [0.29, 0.717) is 44.5 Å². The molecular weight excluding hydrogens is 454 g/mol. The Morgan fingerprint density at radius 3 is 2.72 bits per heavy atom. The third kappa shape index (κ3) is 5.42. The van der Waals surface area contributed by atoms with Gasteiger partial charge in [0.2, 0.25) is 17.8 Å². The van der Waals surface area contributed by atoms with Gasteiger partial charge in [-0.25, -0.2) is 4.99 Å². The highest BCUT2D eigenvalue weighted by molar-refractivity contribution is 6.13. The summed E-state index contributed by atoms with van der Waals surface area (Å²) in [6.07, 6.45) is 7.02. The predicted octanol–water partition coefficient (Wildman–Crippen LogP) is 3.96. The van der Waals surface area contributed by atoms with Gasteiger partial charge in [-0.3, -0.25) is 14.9 Å². The predicted molar refractivity (Wildman–Crippen MR) is 139 cm³/mol. The lowest BCUT2D eigenvalue weighted by Crippen LogP contribution is -2.38. The van der Waals surface area contributed by atoms with Crippen LogP contribution in [-0.4, -0.2) is 59.5 Å². The van der Waals surface area contributed by atoms with E-state index in [4.69, 9.17) is 4.84 Å². The van der Waals surface area contributed by atoms with Gasteiger partial charge in [0.15, 0.2) is 0 Å². The first-order chi connectivity index (χ1) is 17.6. The first-order valence-corrected chi connectivity index (χ1v) is 12.9. The quantitative estimate of drug-likeness (QED) is 0.347. The fourth-order valence-electron chi connectivity index (χ4n) is 5.12. The number of guanidine groups is 1. The summed E-state index contributed by atoms with van der Waals surface area (Å²) in [4.78, 5) is 38.6. The zero-order valence-corrected chi connectivity index (χ0v) is 20.8. The number of carbonyl (C=O) groups excluding carboxylic acids is 2. The molecule has 0 aromatic heterocycles. The maximum absolute atomic E-state index is 12.6. The summed E-state index contributed by atoms with van der Waals surface area (Å²) in [5, 5.41) is 7.30. The van der Waals surface area contributed by atoms with Crippen molar-refractivity contribution in [3.05, 3.63) is 65.2 Å². The van der Waals surface area contributed by atoms with E-state index in [1.54, 1.807) is 0 Å². The second-order valence-electron chi connectivity index (χ2n) is 9.72. The first kappa shape index (κ1) is 24.0. The number of rotatable bonds is 8. The van der Waals surface area contributed by atoms with Crippen LogP contribution in [0.2, 0.25) is 0 Å². The molecule has 0 bridgehead atoms. The number of hydrogen-bond acceptors (Lipinski definition) is 6. The average Bonchev–Trinajstić information content (AvgIpc) is 3.28. The van der Waals surface area contributed by atoms with E-state index in [2.05, 4.69) is 21.5 Å². The summed E-state index contributed by atoms with van der Waals surface area (Å²) >= 11 is 0. The van der Waals surface area contributed by atoms with E-state index in [1.807, 2.05) is 59.3 Å². The van der Waals surface area contributed by atoms with Crippen molar-refractivity contribution >= 4 is 29.2 Å². The van der Waals surface area contributed by atoms with Crippen molar-refractivity contribution < 1.29 is 14.4 Å². The van der Waals surface area contributed by atoms with Gasteiger partial charge < -0.3 is 14.6 Å². The largest absolute Gasteiger partial charge is 0.395 e. The molecule has 2 amide bonds. The summed E-state index contributed by atoms with van der Waals surface area (Å²) in [5.74, 6) is 0.761. The molecule has 1 N–H and O–H groups in total. The molecule has 2 fully saturated rings. The smallest absolute Gasteiger partial charge is 0.246 e.